The summed E-state index contributed by atoms with van der Waals surface area (Å²) in [7, 11) is 1.31. The van der Waals surface area contributed by atoms with Gasteiger partial charge >= 0.3 is 5.97 Å². The summed E-state index contributed by atoms with van der Waals surface area (Å²) in [4.78, 5) is 15.5. The molecule has 0 saturated heterocycles. The number of oxazole rings is 1. The highest BCUT2D eigenvalue weighted by molar-refractivity contribution is 5.77. The van der Waals surface area contributed by atoms with Crippen LogP contribution in [0, 0.1) is 5.41 Å². The molecule has 0 bridgehead atoms. The Morgan fingerprint density at radius 1 is 1.45 bits per heavy atom. The summed E-state index contributed by atoms with van der Waals surface area (Å²) in [5.74, 6) is 0.357. The number of aliphatic hydroxyl groups excluding tert-OH is 1. The molecule has 0 unspecified atom stereocenters. The molecule has 5 heteroatoms. The lowest BCUT2D eigenvalue weighted by atomic mass is 9.83. The van der Waals surface area contributed by atoms with E-state index in [1.54, 1.807) is 33.0 Å². The minimum Gasteiger partial charge on any atom is -0.469 e. The van der Waals surface area contributed by atoms with Crippen molar-refractivity contribution >= 4 is 5.97 Å². The first-order valence-corrected chi connectivity index (χ1v) is 7.03. The van der Waals surface area contributed by atoms with Gasteiger partial charge < -0.3 is 14.3 Å². The monoisotopic (exact) mass is 305 g/mol. The van der Waals surface area contributed by atoms with Crippen molar-refractivity contribution in [1.29, 1.82) is 0 Å². The summed E-state index contributed by atoms with van der Waals surface area (Å²) in [6, 6.07) is 0. The van der Waals surface area contributed by atoms with Crippen LogP contribution in [0.4, 0.5) is 0 Å². The Morgan fingerprint density at radius 3 is 2.77 bits per heavy atom. The van der Waals surface area contributed by atoms with E-state index in [-0.39, 0.29) is 0 Å². The van der Waals surface area contributed by atoms with E-state index < -0.39 is 17.5 Å². The molecule has 1 aromatic rings. The largest absolute Gasteiger partial charge is 0.469 e. The number of carbonyl (C=O) groups excluding carboxylic acids is 1. The van der Waals surface area contributed by atoms with E-state index in [1.807, 2.05) is 24.3 Å². The molecule has 22 heavy (non-hydrogen) atoms. The van der Waals surface area contributed by atoms with Gasteiger partial charge in [-0.05, 0) is 26.3 Å². The zero-order chi connectivity index (χ0) is 16.6. The number of aliphatic hydroxyl groups is 1. The molecule has 0 spiro atoms. The summed E-state index contributed by atoms with van der Waals surface area (Å²) < 4.78 is 9.81. The van der Waals surface area contributed by atoms with Crippen LogP contribution in [0.25, 0.3) is 0 Å². The summed E-state index contributed by atoms with van der Waals surface area (Å²) in [6.07, 6.45) is 12.1. The Morgan fingerprint density at radius 2 is 2.18 bits per heavy atom. The fraction of sp³-hybridized carbons (Fsp3) is 0.412. The Balaban J connectivity index is 2.55. The molecule has 0 saturated carbocycles. The standard InChI is InChI=1S/C17H23NO4/c1-13(15(19)17(2,3)16(20)21-4)9-7-5-6-8-10-14-11-18-12-22-14/h5-9,11-12,15,19H,10H2,1-4H3/b7-5+,8-6+,13-9+/t15-/m1/s1. The van der Waals surface area contributed by atoms with Gasteiger partial charge in [0.2, 0.25) is 0 Å². The zero-order valence-corrected chi connectivity index (χ0v) is 13.4. The topological polar surface area (TPSA) is 72.6 Å². The van der Waals surface area contributed by atoms with Crippen LogP contribution in [-0.4, -0.2) is 29.3 Å². The Labute approximate surface area is 131 Å². The number of rotatable bonds is 7. The first-order chi connectivity index (χ1) is 10.4. The Hall–Kier alpha value is -2.14. The highest BCUT2D eigenvalue weighted by atomic mass is 16.5. The molecule has 1 atom stereocenters. The Bertz CT molecular complexity index is 553. The second-order valence-corrected chi connectivity index (χ2v) is 5.51. The highest BCUT2D eigenvalue weighted by Crippen LogP contribution is 2.27. The number of nitrogens with zero attached hydrogens (tertiary/aromatic N) is 1. The van der Waals surface area contributed by atoms with Crippen molar-refractivity contribution in [2.75, 3.05) is 7.11 Å². The molecule has 0 amide bonds. The van der Waals surface area contributed by atoms with E-state index in [0.717, 1.165) is 5.76 Å². The van der Waals surface area contributed by atoms with Gasteiger partial charge in [0.25, 0.3) is 0 Å². The van der Waals surface area contributed by atoms with E-state index in [0.29, 0.717) is 12.0 Å². The zero-order valence-electron chi connectivity index (χ0n) is 13.4. The molecule has 1 heterocycles. The molecule has 1 rings (SSSR count). The smallest absolute Gasteiger partial charge is 0.314 e. The van der Waals surface area contributed by atoms with Crippen LogP contribution >= 0.6 is 0 Å². The lowest BCUT2D eigenvalue weighted by Crippen LogP contribution is -2.38. The van der Waals surface area contributed by atoms with Gasteiger partial charge in [0.1, 0.15) is 5.76 Å². The van der Waals surface area contributed by atoms with Gasteiger partial charge in [0.05, 0.1) is 24.8 Å². The number of hydrogen-bond acceptors (Lipinski definition) is 5. The minimum absolute atomic E-state index is 0.441. The Kier molecular flexibility index (Phi) is 6.79. The summed E-state index contributed by atoms with van der Waals surface area (Å²) in [5.41, 5.74) is -0.291. The quantitative estimate of drug-likeness (QED) is 0.619. The molecule has 0 radical (unpaired) electrons. The van der Waals surface area contributed by atoms with Crippen LogP contribution in [0.1, 0.15) is 26.5 Å². The number of aromatic nitrogens is 1. The second kappa shape index (κ2) is 8.34. The van der Waals surface area contributed by atoms with Crippen molar-refractivity contribution in [2.45, 2.75) is 33.3 Å². The predicted octanol–water partition coefficient (Wildman–Crippen LogP) is 2.84. The van der Waals surface area contributed by atoms with Crippen LogP contribution in [0.2, 0.25) is 0 Å². The fourth-order valence-corrected chi connectivity index (χ4v) is 1.91. The van der Waals surface area contributed by atoms with Crippen molar-refractivity contribution in [3.05, 3.63) is 54.3 Å². The lowest BCUT2D eigenvalue weighted by Gasteiger charge is -2.28. The molecule has 0 aliphatic carbocycles. The molecular formula is C17H23NO4. The van der Waals surface area contributed by atoms with Crippen molar-refractivity contribution in [3.8, 4) is 0 Å². The van der Waals surface area contributed by atoms with Gasteiger partial charge in [-0.1, -0.05) is 30.4 Å². The summed E-state index contributed by atoms with van der Waals surface area (Å²) in [6.45, 7) is 5.08. The van der Waals surface area contributed by atoms with Crippen molar-refractivity contribution < 1.29 is 19.1 Å². The fourth-order valence-electron chi connectivity index (χ4n) is 1.91. The number of carbonyl (C=O) groups is 1. The predicted molar refractivity (Wildman–Crippen MR) is 84.0 cm³/mol. The lowest BCUT2D eigenvalue weighted by molar-refractivity contribution is -0.155. The summed E-state index contributed by atoms with van der Waals surface area (Å²) in [5, 5.41) is 10.2. The third kappa shape index (κ3) is 5.00. The van der Waals surface area contributed by atoms with E-state index in [4.69, 9.17) is 9.15 Å². The molecule has 1 aromatic heterocycles. The second-order valence-electron chi connectivity index (χ2n) is 5.51. The molecule has 0 aliphatic rings. The molecular weight excluding hydrogens is 282 g/mol. The van der Waals surface area contributed by atoms with Gasteiger partial charge in [-0.3, -0.25) is 4.79 Å². The number of methoxy groups -OCH3 is 1. The maximum atomic E-state index is 11.7. The van der Waals surface area contributed by atoms with Gasteiger partial charge in [-0.25, -0.2) is 4.98 Å². The maximum absolute atomic E-state index is 11.7. The summed E-state index contributed by atoms with van der Waals surface area (Å²) >= 11 is 0. The molecule has 5 nitrogen and oxygen atoms in total. The average molecular weight is 305 g/mol. The van der Waals surface area contributed by atoms with Gasteiger partial charge in [0, 0.05) is 6.42 Å². The molecule has 120 valence electrons. The van der Waals surface area contributed by atoms with Crippen molar-refractivity contribution in [1.82, 2.24) is 4.98 Å². The number of ether oxygens (including phenoxy) is 1. The van der Waals surface area contributed by atoms with E-state index in [1.165, 1.54) is 13.5 Å². The minimum atomic E-state index is -0.981. The first-order valence-electron chi connectivity index (χ1n) is 7.03. The molecule has 0 fully saturated rings. The van der Waals surface area contributed by atoms with Gasteiger partial charge in [-0.2, -0.15) is 0 Å². The van der Waals surface area contributed by atoms with Crippen LogP contribution in [0.3, 0.4) is 0 Å². The average Bonchev–Trinajstić information content (AvgIpc) is 3.01. The van der Waals surface area contributed by atoms with Gasteiger partial charge in [0.15, 0.2) is 6.39 Å². The SMILES string of the molecule is COC(=O)C(C)(C)[C@H](O)/C(C)=C/C=C/C=C/Cc1cnco1. The van der Waals surface area contributed by atoms with Crippen LogP contribution < -0.4 is 0 Å². The number of hydrogen-bond donors (Lipinski definition) is 1. The molecule has 0 aliphatic heterocycles. The molecule has 1 N–H and O–H groups in total. The van der Waals surface area contributed by atoms with Crippen molar-refractivity contribution in [2.24, 2.45) is 5.41 Å². The van der Waals surface area contributed by atoms with Crippen molar-refractivity contribution in [3.63, 3.8) is 0 Å². The number of allylic oxidation sites excluding steroid dienone is 5. The third-order valence-corrected chi connectivity index (χ3v) is 3.35. The first kappa shape index (κ1) is 17.9. The van der Waals surface area contributed by atoms with E-state index in [9.17, 15) is 9.90 Å². The highest BCUT2D eigenvalue weighted by Gasteiger charge is 2.37. The normalized spacial score (nSPS) is 14.7. The van der Waals surface area contributed by atoms with Crippen LogP contribution in [-0.2, 0) is 16.0 Å². The van der Waals surface area contributed by atoms with Crippen LogP contribution in [0.5, 0.6) is 0 Å². The molecule has 0 aromatic carbocycles. The van der Waals surface area contributed by atoms with E-state index >= 15 is 0 Å². The third-order valence-electron chi connectivity index (χ3n) is 3.35. The number of esters is 1. The van der Waals surface area contributed by atoms with E-state index in [2.05, 4.69) is 4.98 Å². The van der Waals surface area contributed by atoms with Gasteiger partial charge in [-0.15, -0.1) is 0 Å². The maximum Gasteiger partial charge on any atom is 0.314 e. The van der Waals surface area contributed by atoms with Crippen LogP contribution in [0.15, 0.2) is 53.0 Å².